The highest BCUT2D eigenvalue weighted by molar-refractivity contribution is 6.35. The Labute approximate surface area is 155 Å². The first kappa shape index (κ1) is 21.0. The Bertz CT molecular complexity index is 661. The molecule has 1 heterocycles. The summed E-state index contributed by atoms with van der Waals surface area (Å²) < 4.78 is 7.83. The van der Waals surface area contributed by atoms with Crippen molar-refractivity contribution in [1.82, 2.24) is 9.55 Å². The third-order valence-corrected chi connectivity index (χ3v) is 3.76. The zero-order chi connectivity index (χ0) is 18.7. The van der Waals surface area contributed by atoms with E-state index in [0.717, 1.165) is 24.9 Å². The van der Waals surface area contributed by atoms with Crippen molar-refractivity contribution in [3.63, 3.8) is 0 Å². The Balaban J connectivity index is 0.000000705. The minimum atomic E-state index is -1.50. The van der Waals surface area contributed by atoms with Crippen molar-refractivity contribution >= 4 is 23.2 Å². The summed E-state index contributed by atoms with van der Waals surface area (Å²) in [6.45, 7) is 4.99. The highest BCUT2D eigenvalue weighted by atomic mass is 35.5. The summed E-state index contributed by atoms with van der Waals surface area (Å²) in [5.74, 6) is 0. The van der Waals surface area contributed by atoms with Gasteiger partial charge in [0.25, 0.3) is 5.09 Å². The molecule has 0 aliphatic carbocycles. The number of aromatic nitrogens is 2. The molecule has 0 spiro atoms. The lowest BCUT2D eigenvalue weighted by atomic mass is 10.1. The second-order valence-electron chi connectivity index (χ2n) is 5.02. The number of benzene rings is 1. The van der Waals surface area contributed by atoms with Gasteiger partial charge in [0, 0.05) is 29.0 Å². The largest absolute Gasteiger partial charge is 0.372 e. The van der Waals surface area contributed by atoms with E-state index in [1.165, 1.54) is 0 Å². The van der Waals surface area contributed by atoms with Crippen molar-refractivity contribution < 1.29 is 15.0 Å². The number of hydrogen-bond acceptors (Lipinski definition) is 4. The Morgan fingerprint density at radius 3 is 2.76 bits per heavy atom. The number of imidazole rings is 1. The molecule has 2 rings (SSSR count). The molecule has 1 N–H and O–H groups in total. The SMILES string of the molecule is C=CCOC(CCc1ccc(Cl)cc1Cl)Cn1ccnc1.O=[N+]([O-])O. The topological polar surface area (TPSA) is 90.4 Å². The van der Waals surface area contributed by atoms with E-state index in [1.807, 2.05) is 22.9 Å². The lowest BCUT2D eigenvalue weighted by Crippen LogP contribution is -2.20. The molecule has 0 aliphatic heterocycles. The zero-order valence-electron chi connectivity index (χ0n) is 13.4. The number of rotatable bonds is 8. The first-order valence-corrected chi connectivity index (χ1v) is 8.13. The van der Waals surface area contributed by atoms with Crippen LogP contribution < -0.4 is 0 Å². The van der Waals surface area contributed by atoms with Crippen LogP contribution >= 0.6 is 23.2 Å². The zero-order valence-corrected chi connectivity index (χ0v) is 14.9. The molecule has 1 aromatic carbocycles. The minimum absolute atomic E-state index is 0.0870. The predicted molar refractivity (Wildman–Crippen MR) is 95.7 cm³/mol. The van der Waals surface area contributed by atoms with Gasteiger partial charge in [-0.3, -0.25) is 0 Å². The monoisotopic (exact) mass is 387 g/mol. The van der Waals surface area contributed by atoms with Gasteiger partial charge >= 0.3 is 0 Å². The molecule has 0 saturated carbocycles. The molecule has 0 aliphatic rings. The van der Waals surface area contributed by atoms with Crippen LogP contribution in [0.2, 0.25) is 10.0 Å². The molecule has 136 valence electrons. The van der Waals surface area contributed by atoms with Gasteiger partial charge in [-0.05, 0) is 30.5 Å². The molecule has 0 bridgehead atoms. The molecular formula is C16H19Cl2N3O4. The van der Waals surface area contributed by atoms with Crippen LogP contribution in [0.1, 0.15) is 12.0 Å². The van der Waals surface area contributed by atoms with Crippen LogP contribution in [0.25, 0.3) is 0 Å². The number of nitrogens with zero attached hydrogens (tertiary/aromatic N) is 3. The smallest absolute Gasteiger partial charge is 0.291 e. The van der Waals surface area contributed by atoms with E-state index in [0.29, 0.717) is 16.7 Å². The first-order valence-electron chi connectivity index (χ1n) is 7.37. The van der Waals surface area contributed by atoms with E-state index in [2.05, 4.69) is 11.6 Å². The fourth-order valence-corrected chi connectivity index (χ4v) is 2.61. The van der Waals surface area contributed by atoms with Gasteiger partial charge in [0.1, 0.15) is 0 Å². The van der Waals surface area contributed by atoms with Gasteiger partial charge in [0.05, 0.1) is 19.0 Å². The van der Waals surface area contributed by atoms with Crippen LogP contribution in [-0.4, -0.2) is 32.6 Å². The molecule has 1 aromatic heterocycles. The van der Waals surface area contributed by atoms with Crippen LogP contribution in [0.15, 0.2) is 49.6 Å². The quantitative estimate of drug-likeness (QED) is 0.419. The normalized spacial score (nSPS) is 11.3. The number of hydrogen-bond donors (Lipinski definition) is 1. The van der Waals surface area contributed by atoms with Gasteiger partial charge in [-0.25, -0.2) is 4.98 Å². The third kappa shape index (κ3) is 9.09. The van der Waals surface area contributed by atoms with Gasteiger partial charge < -0.3 is 14.5 Å². The van der Waals surface area contributed by atoms with Crippen molar-refractivity contribution in [3.05, 3.63) is 75.3 Å². The summed E-state index contributed by atoms with van der Waals surface area (Å²) >= 11 is 12.1. The number of ether oxygens (including phenoxy) is 1. The molecule has 0 amide bonds. The first-order chi connectivity index (χ1) is 11.9. The maximum absolute atomic E-state index is 8.36. The van der Waals surface area contributed by atoms with Crippen LogP contribution in [0.5, 0.6) is 0 Å². The molecule has 1 unspecified atom stereocenters. The fourth-order valence-electron chi connectivity index (χ4n) is 2.10. The highest BCUT2D eigenvalue weighted by Crippen LogP contribution is 2.23. The second kappa shape index (κ2) is 11.5. The lowest BCUT2D eigenvalue weighted by molar-refractivity contribution is -0.742. The Hall–Kier alpha value is -2.09. The van der Waals surface area contributed by atoms with Crippen LogP contribution in [-0.2, 0) is 17.7 Å². The van der Waals surface area contributed by atoms with Gasteiger partial charge in [0.2, 0.25) is 0 Å². The maximum Gasteiger partial charge on any atom is 0.291 e. The molecule has 0 saturated heterocycles. The molecule has 2 aromatic rings. The summed E-state index contributed by atoms with van der Waals surface area (Å²) in [6.07, 6.45) is 9.04. The second-order valence-corrected chi connectivity index (χ2v) is 5.86. The van der Waals surface area contributed by atoms with E-state index in [4.69, 9.17) is 43.3 Å². The fraction of sp³-hybridized carbons (Fsp3) is 0.312. The number of halogens is 2. The molecule has 9 heteroatoms. The summed E-state index contributed by atoms with van der Waals surface area (Å²) in [5.41, 5.74) is 1.08. The number of aryl methyl sites for hydroxylation is 1. The third-order valence-electron chi connectivity index (χ3n) is 3.17. The minimum Gasteiger partial charge on any atom is -0.372 e. The van der Waals surface area contributed by atoms with Crippen LogP contribution in [0.4, 0.5) is 0 Å². The predicted octanol–water partition coefficient (Wildman–Crippen LogP) is 4.05. The van der Waals surface area contributed by atoms with Crippen molar-refractivity contribution in [2.75, 3.05) is 6.61 Å². The van der Waals surface area contributed by atoms with E-state index >= 15 is 0 Å². The Morgan fingerprint density at radius 2 is 2.20 bits per heavy atom. The lowest BCUT2D eigenvalue weighted by Gasteiger charge is -2.18. The molecule has 1 atom stereocenters. The molecule has 0 fully saturated rings. The van der Waals surface area contributed by atoms with Crippen LogP contribution in [0.3, 0.4) is 0 Å². The standard InChI is InChI=1S/C16H18Cl2N2O.HNO3/c1-2-9-21-15(11-20-8-7-19-12-20)6-4-13-3-5-14(17)10-16(13)18;2-1(3)4/h2-3,5,7-8,10,12,15H,1,4,6,9,11H2;(H,2,3,4). The summed E-state index contributed by atoms with van der Waals surface area (Å²) in [5, 5.41) is 15.0. The molecular weight excluding hydrogens is 369 g/mol. The summed E-state index contributed by atoms with van der Waals surface area (Å²) in [7, 11) is 0. The molecule has 25 heavy (non-hydrogen) atoms. The van der Waals surface area contributed by atoms with E-state index in [-0.39, 0.29) is 6.10 Å². The highest BCUT2D eigenvalue weighted by Gasteiger charge is 2.11. The van der Waals surface area contributed by atoms with Crippen molar-refractivity contribution in [1.29, 1.82) is 0 Å². The van der Waals surface area contributed by atoms with Crippen LogP contribution in [0, 0.1) is 10.1 Å². The van der Waals surface area contributed by atoms with E-state index in [9.17, 15) is 0 Å². The Morgan fingerprint density at radius 1 is 1.48 bits per heavy atom. The van der Waals surface area contributed by atoms with Crippen molar-refractivity contribution in [3.8, 4) is 0 Å². The summed E-state index contributed by atoms with van der Waals surface area (Å²) in [6, 6.07) is 5.60. The molecule has 0 radical (unpaired) electrons. The van der Waals surface area contributed by atoms with Gasteiger partial charge in [-0.1, -0.05) is 35.3 Å². The van der Waals surface area contributed by atoms with Gasteiger partial charge in [0.15, 0.2) is 0 Å². The maximum atomic E-state index is 8.36. The average molecular weight is 388 g/mol. The van der Waals surface area contributed by atoms with E-state index in [1.54, 1.807) is 24.7 Å². The van der Waals surface area contributed by atoms with Crippen molar-refractivity contribution in [2.24, 2.45) is 0 Å². The van der Waals surface area contributed by atoms with E-state index < -0.39 is 5.09 Å². The average Bonchev–Trinajstić information content (AvgIpc) is 3.03. The Kier molecular flexibility index (Phi) is 9.61. The van der Waals surface area contributed by atoms with Gasteiger partial charge in [-0.15, -0.1) is 16.7 Å². The van der Waals surface area contributed by atoms with Crippen molar-refractivity contribution in [2.45, 2.75) is 25.5 Å². The molecule has 7 nitrogen and oxygen atoms in total. The summed E-state index contributed by atoms with van der Waals surface area (Å²) in [4.78, 5) is 12.4. The van der Waals surface area contributed by atoms with Gasteiger partial charge in [-0.2, -0.15) is 0 Å².